The fraction of sp³-hybridized carbons (Fsp3) is 0.533. The van der Waals surface area contributed by atoms with Gasteiger partial charge in [-0.2, -0.15) is 0 Å². The minimum atomic E-state index is 0.228. The maximum Gasteiger partial charge on any atom is 0.197 e. The zero-order valence-electron chi connectivity index (χ0n) is 12.9. The highest BCUT2D eigenvalue weighted by Gasteiger charge is 2.02. The second-order valence-corrected chi connectivity index (χ2v) is 5.31. The van der Waals surface area contributed by atoms with Crippen LogP contribution in [0.25, 0.3) is 0 Å². The van der Waals surface area contributed by atoms with E-state index in [1.54, 1.807) is 0 Å². The number of guanidine groups is 1. The molecule has 0 aliphatic heterocycles. The molecule has 1 heterocycles. The first-order chi connectivity index (χ1) is 10.1. The summed E-state index contributed by atoms with van der Waals surface area (Å²) < 4.78 is 0. The van der Waals surface area contributed by atoms with E-state index in [4.69, 9.17) is 18.0 Å². The Kier molecular flexibility index (Phi) is 8.35. The second-order valence-electron chi connectivity index (χ2n) is 4.87. The molecule has 0 fully saturated rings. The van der Waals surface area contributed by atoms with Crippen LogP contribution in [0.3, 0.4) is 0 Å². The number of nitrogens with two attached hydrogens (primary N) is 1. The summed E-state index contributed by atoms with van der Waals surface area (Å²) in [5.74, 6) is 0.646. The van der Waals surface area contributed by atoms with E-state index in [1.165, 1.54) is 18.4 Å². The van der Waals surface area contributed by atoms with Crippen LogP contribution in [-0.4, -0.2) is 29.1 Å². The van der Waals surface area contributed by atoms with Crippen molar-refractivity contribution in [3.05, 3.63) is 29.6 Å². The average Bonchev–Trinajstić information content (AvgIpc) is 2.45. The Balaban J connectivity index is 2.45. The van der Waals surface area contributed by atoms with E-state index in [2.05, 4.69) is 40.5 Å². The van der Waals surface area contributed by atoms with Gasteiger partial charge in [-0.25, -0.2) is 0 Å². The zero-order valence-corrected chi connectivity index (χ0v) is 13.7. The van der Waals surface area contributed by atoms with Gasteiger partial charge in [-0.1, -0.05) is 25.8 Å². The zero-order chi connectivity index (χ0) is 15.5. The molecule has 21 heavy (non-hydrogen) atoms. The monoisotopic (exact) mass is 307 g/mol. The van der Waals surface area contributed by atoms with Gasteiger partial charge in [0.25, 0.3) is 0 Å². The van der Waals surface area contributed by atoms with Crippen molar-refractivity contribution < 1.29 is 0 Å². The molecular formula is C15H25N5S. The molecule has 0 aliphatic carbocycles. The predicted octanol–water partition coefficient (Wildman–Crippen LogP) is 1.90. The fourth-order valence-electron chi connectivity index (χ4n) is 1.89. The molecule has 0 spiro atoms. The van der Waals surface area contributed by atoms with E-state index in [0.717, 1.165) is 31.6 Å². The highest BCUT2D eigenvalue weighted by molar-refractivity contribution is 7.80. The topological polar surface area (TPSA) is 75.3 Å². The van der Waals surface area contributed by atoms with Crippen molar-refractivity contribution in [3.8, 4) is 0 Å². The van der Waals surface area contributed by atoms with Gasteiger partial charge in [-0.05, 0) is 37.2 Å². The van der Waals surface area contributed by atoms with Crippen LogP contribution in [0.5, 0.6) is 0 Å². The normalized spacial score (nSPS) is 11.2. The summed E-state index contributed by atoms with van der Waals surface area (Å²) in [6, 6.07) is 4.01. The molecule has 0 aromatic carbocycles. The molecule has 0 amide bonds. The lowest BCUT2D eigenvalue weighted by molar-refractivity contribution is 0.721. The first-order valence-electron chi connectivity index (χ1n) is 7.38. The van der Waals surface area contributed by atoms with E-state index in [1.807, 2.05) is 12.3 Å². The lowest BCUT2D eigenvalue weighted by Crippen LogP contribution is -2.44. The smallest absolute Gasteiger partial charge is 0.197 e. The summed E-state index contributed by atoms with van der Waals surface area (Å²) in [5, 5.41) is 6.35. The minimum Gasteiger partial charge on any atom is -0.376 e. The number of hydrogen-bond donors (Lipinski definition) is 3. The Labute approximate surface area is 132 Å². The first kappa shape index (κ1) is 17.4. The third-order valence-corrected chi connectivity index (χ3v) is 3.15. The van der Waals surface area contributed by atoms with Crippen molar-refractivity contribution in [2.75, 3.05) is 13.1 Å². The first-order valence-corrected chi connectivity index (χ1v) is 7.79. The fourth-order valence-corrected chi connectivity index (χ4v) is 1.99. The highest BCUT2D eigenvalue weighted by atomic mass is 32.1. The van der Waals surface area contributed by atoms with Crippen molar-refractivity contribution >= 4 is 23.3 Å². The Morgan fingerprint density at radius 1 is 1.43 bits per heavy atom. The third-order valence-electron chi connectivity index (χ3n) is 3.05. The van der Waals surface area contributed by atoms with Crippen LogP contribution in [0.15, 0.2) is 23.3 Å². The number of rotatable bonds is 7. The lowest BCUT2D eigenvalue weighted by atomic mass is 10.2. The molecule has 0 saturated heterocycles. The number of pyridine rings is 1. The molecular weight excluding hydrogens is 282 g/mol. The van der Waals surface area contributed by atoms with Crippen LogP contribution in [0.4, 0.5) is 0 Å². The summed E-state index contributed by atoms with van der Waals surface area (Å²) in [7, 11) is 0. The number of thiocarbonyl (C=S) groups is 1. The van der Waals surface area contributed by atoms with Crippen molar-refractivity contribution in [1.82, 2.24) is 15.6 Å². The molecule has 0 aliphatic rings. The Morgan fingerprint density at radius 3 is 2.90 bits per heavy atom. The van der Waals surface area contributed by atoms with Gasteiger partial charge in [0.1, 0.15) is 0 Å². The van der Waals surface area contributed by atoms with Crippen LogP contribution in [-0.2, 0) is 6.42 Å². The Morgan fingerprint density at radius 2 is 2.24 bits per heavy atom. The summed E-state index contributed by atoms with van der Waals surface area (Å²) in [6.45, 7) is 5.75. The predicted molar refractivity (Wildman–Crippen MR) is 92.4 cm³/mol. The van der Waals surface area contributed by atoms with Crippen LogP contribution in [0, 0.1) is 6.92 Å². The average molecular weight is 307 g/mol. The molecule has 5 nitrogen and oxygen atoms in total. The summed E-state index contributed by atoms with van der Waals surface area (Å²) >= 11 is 4.87. The molecule has 1 rings (SSSR count). The van der Waals surface area contributed by atoms with Gasteiger partial charge in [0.05, 0.1) is 0 Å². The minimum absolute atomic E-state index is 0.228. The van der Waals surface area contributed by atoms with Gasteiger partial charge < -0.3 is 16.4 Å². The molecule has 0 bridgehead atoms. The van der Waals surface area contributed by atoms with E-state index in [0.29, 0.717) is 5.96 Å². The van der Waals surface area contributed by atoms with E-state index < -0.39 is 0 Å². The molecule has 1 aromatic heterocycles. The van der Waals surface area contributed by atoms with E-state index in [9.17, 15) is 0 Å². The van der Waals surface area contributed by atoms with Crippen molar-refractivity contribution in [2.24, 2.45) is 10.7 Å². The summed E-state index contributed by atoms with van der Waals surface area (Å²) in [4.78, 5) is 8.83. The number of aromatic nitrogens is 1. The van der Waals surface area contributed by atoms with Gasteiger partial charge in [0.15, 0.2) is 11.1 Å². The summed E-state index contributed by atoms with van der Waals surface area (Å²) in [6.07, 6.45) is 6.08. The standard InChI is InChI=1S/C15H25N5S/c1-3-4-5-9-18-15(20-14(16)21)19-11-8-13-12(2)7-6-10-17-13/h6-7,10H,3-5,8-9,11H2,1-2H3,(H4,16,18,19,20,21). The molecule has 1 aromatic rings. The van der Waals surface area contributed by atoms with Crippen LogP contribution in [0.2, 0.25) is 0 Å². The van der Waals surface area contributed by atoms with Gasteiger partial charge >= 0.3 is 0 Å². The Hall–Kier alpha value is -1.69. The maximum absolute atomic E-state index is 5.52. The molecule has 116 valence electrons. The molecule has 0 saturated carbocycles. The highest BCUT2D eigenvalue weighted by Crippen LogP contribution is 2.02. The van der Waals surface area contributed by atoms with E-state index in [-0.39, 0.29) is 5.11 Å². The van der Waals surface area contributed by atoms with Crippen LogP contribution in [0.1, 0.15) is 37.4 Å². The lowest BCUT2D eigenvalue weighted by Gasteiger charge is -2.11. The number of aryl methyl sites for hydroxylation is 1. The van der Waals surface area contributed by atoms with Gasteiger partial charge in [0, 0.05) is 31.4 Å². The molecule has 0 unspecified atom stereocenters. The SMILES string of the molecule is CCCCCN=C(NCCc1ncccc1C)NC(N)=S. The van der Waals surface area contributed by atoms with Gasteiger partial charge in [-0.15, -0.1) is 0 Å². The maximum atomic E-state index is 5.52. The van der Waals surface area contributed by atoms with Crippen LogP contribution < -0.4 is 16.4 Å². The van der Waals surface area contributed by atoms with E-state index >= 15 is 0 Å². The third kappa shape index (κ3) is 7.60. The molecule has 6 heteroatoms. The second kappa shape index (κ2) is 10.1. The largest absolute Gasteiger partial charge is 0.376 e. The van der Waals surface area contributed by atoms with Crippen molar-refractivity contribution in [3.63, 3.8) is 0 Å². The summed E-state index contributed by atoms with van der Waals surface area (Å²) in [5.41, 5.74) is 7.80. The quantitative estimate of drug-likeness (QED) is 0.310. The van der Waals surface area contributed by atoms with Crippen molar-refractivity contribution in [1.29, 1.82) is 0 Å². The van der Waals surface area contributed by atoms with Gasteiger partial charge in [0.2, 0.25) is 0 Å². The molecule has 0 atom stereocenters. The van der Waals surface area contributed by atoms with Crippen molar-refractivity contribution in [2.45, 2.75) is 39.5 Å². The molecule has 0 radical (unpaired) electrons. The van der Waals surface area contributed by atoms with Gasteiger partial charge in [-0.3, -0.25) is 9.98 Å². The van der Waals surface area contributed by atoms with Crippen LogP contribution >= 0.6 is 12.2 Å². The number of hydrogen-bond acceptors (Lipinski definition) is 3. The number of unbranched alkanes of at least 4 members (excludes halogenated alkanes) is 2. The number of nitrogens with one attached hydrogen (secondary N) is 2. The molecule has 4 N–H and O–H groups in total. The number of aliphatic imine (C=N–C) groups is 1. The number of nitrogens with zero attached hydrogens (tertiary/aromatic N) is 2. The Bertz CT molecular complexity index is 473.